The van der Waals surface area contributed by atoms with E-state index in [4.69, 9.17) is 23.7 Å². The number of carboxylic acid groups (broad SMARTS) is 1. The van der Waals surface area contributed by atoms with Crippen molar-refractivity contribution in [3.63, 3.8) is 0 Å². The van der Waals surface area contributed by atoms with Crippen LogP contribution in [0.15, 0.2) is 0 Å². The van der Waals surface area contributed by atoms with Gasteiger partial charge in [-0.2, -0.15) is 0 Å². The lowest BCUT2D eigenvalue weighted by Gasteiger charge is -2.29. The molecule has 2 rings (SSSR count). The van der Waals surface area contributed by atoms with Crippen molar-refractivity contribution in [2.45, 2.75) is 57.3 Å². The van der Waals surface area contributed by atoms with E-state index in [1.165, 1.54) is 7.11 Å². The Hall–Kier alpha value is -0.730. The third-order valence-electron chi connectivity index (χ3n) is 3.21. The molecule has 0 radical (unpaired) electrons. The minimum atomic E-state index is -1.81. The van der Waals surface area contributed by atoms with Gasteiger partial charge in [0.15, 0.2) is 17.7 Å². The molecule has 0 bridgehead atoms. The first kappa shape index (κ1) is 14.7. The second kappa shape index (κ2) is 4.39. The van der Waals surface area contributed by atoms with Crippen LogP contribution >= 0.6 is 0 Å². The van der Waals surface area contributed by atoms with Crippen molar-refractivity contribution in [1.82, 2.24) is 0 Å². The maximum atomic E-state index is 11.5. The minimum Gasteiger partial charge on any atom is -0.477 e. The normalized spacial score (nSPS) is 37.3. The Bertz CT molecular complexity index is 378. The number of ether oxygens (including phenoxy) is 5. The summed E-state index contributed by atoms with van der Waals surface area (Å²) in [6.07, 6.45) is -1.41. The van der Waals surface area contributed by atoms with Crippen molar-refractivity contribution < 1.29 is 33.6 Å². The quantitative estimate of drug-likeness (QED) is 0.757. The molecule has 19 heavy (non-hydrogen) atoms. The summed E-state index contributed by atoms with van der Waals surface area (Å²) in [7, 11) is 1.51. The number of hydrogen-bond acceptors (Lipinski definition) is 6. The lowest BCUT2D eigenvalue weighted by molar-refractivity contribution is -0.263. The molecule has 2 fully saturated rings. The third kappa shape index (κ3) is 2.48. The predicted molar refractivity (Wildman–Crippen MR) is 62.3 cm³/mol. The summed E-state index contributed by atoms with van der Waals surface area (Å²) < 4.78 is 27.3. The zero-order chi connectivity index (χ0) is 14.5. The SMILES string of the molecule is COC(C)(C)O[C@@H]1CO[C@@]2(C(=O)O)OC(C)(C)O[C@@H]12. The van der Waals surface area contributed by atoms with E-state index >= 15 is 0 Å². The number of carboxylic acids is 1. The van der Waals surface area contributed by atoms with E-state index in [1.54, 1.807) is 27.7 Å². The van der Waals surface area contributed by atoms with Gasteiger partial charge >= 0.3 is 11.8 Å². The number of methoxy groups -OCH3 is 1. The number of carbonyl (C=O) groups is 1. The van der Waals surface area contributed by atoms with Crippen LogP contribution in [0.4, 0.5) is 0 Å². The van der Waals surface area contributed by atoms with Crippen molar-refractivity contribution in [2.24, 2.45) is 0 Å². The average molecular weight is 276 g/mol. The van der Waals surface area contributed by atoms with Crippen molar-refractivity contribution in [2.75, 3.05) is 13.7 Å². The van der Waals surface area contributed by atoms with Crippen LogP contribution in [0.1, 0.15) is 27.7 Å². The zero-order valence-corrected chi connectivity index (χ0v) is 11.8. The number of hydrogen-bond donors (Lipinski definition) is 1. The Labute approximate surface area is 111 Å². The summed E-state index contributed by atoms with van der Waals surface area (Å²) in [5.41, 5.74) is 0. The lowest BCUT2D eigenvalue weighted by Crippen LogP contribution is -2.49. The minimum absolute atomic E-state index is 0.0693. The van der Waals surface area contributed by atoms with E-state index in [1.807, 2.05) is 0 Å². The van der Waals surface area contributed by atoms with Crippen LogP contribution in [0.2, 0.25) is 0 Å². The topological polar surface area (TPSA) is 83.5 Å². The van der Waals surface area contributed by atoms with E-state index in [9.17, 15) is 9.90 Å². The van der Waals surface area contributed by atoms with E-state index in [0.29, 0.717) is 0 Å². The Balaban J connectivity index is 2.22. The van der Waals surface area contributed by atoms with E-state index in [0.717, 1.165) is 0 Å². The molecule has 0 amide bonds. The molecule has 0 spiro atoms. The molecular weight excluding hydrogens is 256 g/mol. The Morgan fingerprint density at radius 1 is 1.42 bits per heavy atom. The zero-order valence-electron chi connectivity index (χ0n) is 11.8. The first-order chi connectivity index (χ1) is 8.62. The molecule has 7 heteroatoms. The van der Waals surface area contributed by atoms with Gasteiger partial charge in [-0.05, 0) is 27.7 Å². The molecular formula is C12H20O7. The van der Waals surface area contributed by atoms with Crippen LogP contribution in [0.3, 0.4) is 0 Å². The van der Waals surface area contributed by atoms with Crippen molar-refractivity contribution in [3.8, 4) is 0 Å². The fourth-order valence-electron chi connectivity index (χ4n) is 2.29. The van der Waals surface area contributed by atoms with Crippen LogP contribution < -0.4 is 0 Å². The molecule has 2 saturated heterocycles. The molecule has 2 heterocycles. The molecule has 7 nitrogen and oxygen atoms in total. The van der Waals surface area contributed by atoms with Crippen LogP contribution in [0, 0.1) is 0 Å². The smallest absolute Gasteiger partial charge is 0.367 e. The molecule has 0 aromatic rings. The second-order valence-electron chi connectivity index (χ2n) is 5.58. The molecule has 2 aliphatic heterocycles. The van der Waals surface area contributed by atoms with Gasteiger partial charge in [0, 0.05) is 7.11 Å². The largest absolute Gasteiger partial charge is 0.477 e. The molecule has 110 valence electrons. The van der Waals surface area contributed by atoms with Crippen molar-refractivity contribution >= 4 is 5.97 Å². The molecule has 0 saturated carbocycles. The van der Waals surface area contributed by atoms with E-state index < -0.39 is 35.5 Å². The van der Waals surface area contributed by atoms with Crippen molar-refractivity contribution in [1.29, 1.82) is 0 Å². The average Bonchev–Trinajstić information content (AvgIpc) is 2.72. The summed E-state index contributed by atoms with van der Waals surface area (Å²) in [6.45, 7) is 6.80. The molecule has 2 aliphatic rings. The maximum absolute atomic E-state index is 11.5. The molecule has 0 aromatic carbocycles. The van der Waals surface area contributed by atoms with Gasteiger partial charge in [-0.25, -0.2) is 4.79 Å². The molecule has 0 unspecified atom stereocenters. The molecule has 0 aromatic heterocycles. The highest BCUT2D eigenvalue weighted by Crippen LogP contribution is 2.44. The van der Waals surface area contributed by atoms with Crippen LogP contribution in [0.25, 0.3) is 0 Å². The van der Waals surface area contributed by atoms with Crippen LogP contribution in [0.5, 0.6) is 0 Å². The van der Waals surface area contributed by atoms with E-state index in [2.05, 4.69) is 0 Å². The monoisotopic (exact) mass is 276 g/mol. The first-order valence-electron chi connectivity index (χ1n) is 6.10. The van der Waals surface area contributed by atoms with Gasteiger partial charge in [-0.3, -0.25) is 0 Å². The van der Waals surface area contributed by atoms with Crippen LogP contribution in [-0.2, 0) is 28.5 Å². The van der Waals surface area contributed by atoms with Gasteiger partial charge in [0.2, 0.25) is 0 Å². The van der Waals surface area contributed by atoms with Gasteiger partial charge < -0.3 is 28.8 Å². The lowest BCUT2D eigenvalue weighted by atomic mass is 10.1. The van der Waals surface area contributed by atoms with Gasteiger partial charge in [0.05, 0.1) is 6.61 Å². The summed E-state index contributed by atoms with van der Waals surface area (Å²) in [5, 5.41) is 9.36. The fourth-order valence-corrected chi connectivity index (χ4v) is 2.29. The number of rotatable bonds is 4. The van der Waals surface area contributed by atoms with E-state index in [-0.39, 0.29) is 6.61 Å². The summed E-state index contributed by atoms with van der Waals surface area (Å²) in [4.78, 5) is 11.5. The van der Waals surface area contributed by atoms with Gasteiger partial charge in [-0.15, -0.1) is 0 Å². The Kier molecular flexibility index (Phi) is 3.39. The number of aliphatic carboxylic acids is 1. The van der Waals surface area contributed by atoms with Gasteiger partial charge in [0.25, 0.3) is 0 Å². The standard InChI is InChI=1S/C12H20O7/c1-10(2,15-5)17-7-6-16-12(9(13)14)8(7)18-11(3,4)19-12/h7-8H,6H2,1-5H3,(H,13,14)/t7-,8+,12-/m1/s1. The molecule has 0 aliphatic carbocycles. The highest BCUT2D eigenvalue weighted by Gasteiger charge is 2.67. The highest BCUT2D eigenvalue weighted by molar-refractivity contribution is 5.77. The van der Waals surface area contributed by atoms with Crippen LogP contribution in [-0.4, -0.2) is 54.4 Å². The van der Waals surface area contributed by atoms with Gasteiger partial charge in [-0.1, -0.05) is 0 Å². The fraction of sp³-hybridized carbons (Fsp3) is 0.917. The molecule has 1 N–H and O–H groups in total. The maximum Gasteiger partial charge on any atom is 0.367 e. The van der Waals surface area contributed by atoms with Gasteiger partial charge in [0.1, 0.15) is 6.10 Å². The van der Waals surface area contributed by atoms with Crippen molar-refractivity contribution in [3.05, 3.63) is 0 Å². The highest BCUT2D eigenvalue weighted by atomic mass is 16.9. The Morgan fingerprint density at radius 2 is 2.05 bits per heavy atom. The summed E-state index contributed by atoms with van der Waals surface area (Å²) in [6, 6.07) is 0. The second-order valence-corrected chi connectivity index (χ2v) is 5.58. The first-order valence-corrected chi connectivity index (χ1v) is 6.10. The third-order valence-corrected chi connectivity index (χ3v) is 3.21. The number of fused-ring (bicyclic) bond motifs is 1. The summed E-state index contributed by atoms with van der Waals surface area (Å²) in [5.74, 6) is -4.93. The summed E-state index contributed by atoms with van der Waals surface area (Å²) >= 11 is 0. The Morgan fingerprint density at radius 3 is 2.58 bits per heavy atom. The predicted octanol–water partition coefficient (Wildman–Crippen LogP) is 0.717. The molecule has 3 atom stereocenters.